The fourth-order valence-corrected chi connectivity index (χ4v) is 5.54. The number of hydrogen-bond acceptors (Lipinski definition) is 3. The van der Waals surface area contributed by atoms with Gasteiger partial charge in [0.2, 0.25) is 10.0 Å². The molecule has 23 heavy (non-hydrogen) atoms. The molecule has 3 atom stereocenters. The molecule has 1 saturated carbocycles. The van der Waals surface area contributed by atoms with Gasteiger partial charge >= 0.3 is 6.18 Å². The van der Waals surface area contributed by atoms with E-state index in [0.29, 0.717) is 19.2 Å². The Bertz CT molecular complexity index is 723. The van der Waals surface area contributed by atoms with Gasteiger partial charge in [-0.1, -0.05) is 11.6 Å². The van der Waals surface area contributed by atoms with Crippen LogP contribution in [0.25, 0.3) is 0 Å². The number of sulfonamides is 1. The van der Waals surface area contributed by atoms with Gasteiger partial charge in [0.05, 0.1) is 10.6 Å². The summed E-state index contributed by atoms with van der Waals surface area (Å²) in [4.78, 5) is -0.291. The molecule has 1 aliphatic carbocycles. The van der Waals surface area contributed by atoms with Gasteiger partial charge in [-0.2, -0.15) is 17.5 Å². The molecule has 3 rings (SSSR count). The van der Waals surface area contributed by atoms with E-state index in [0.717, 1.165) is 25.0 Å². The molecule has 0 radical (unpaired) electrons. The Labute approximate surface area is 137 Å². The molecule has 9 heteroatoms. The zero-order chi connectivity index (χ0) is 17.0. The zero-order valence-electron chi connectivity index (χ0n) is 12.1. The van der Waals surface area contributed by atoms with E-state index in [1.807, 2.05) is 0 Å². The van der Waals surface area contributed by atoms with Crippen molar-refractivity contribution in [1.29, 1.82) is 0 Å². The van der Waals surface area contributed by atoms with Gasteiger partial charge in [-0.15, -0.1) is 0 Å². The Hall–Kier alpha value is -0.830. The maximum Gasteiger partial charge on any atom is 0.416 e. The summed E-state index contributed by atoms with van der Waals surface area (Å²) in [6.07, 6.45) is -2.81. The van der Waals surface area contributed by atoms with Gasteiger partial charge in [-0.3, -0.25) is 0 Å². The molecule has 1 aromatic carbocycles. The van der Waals surface area contributed by atoms with Crippen LogP contribution in [0.2, 0.25) is 5.02 Å². The molecule has 2 N–H and O–H groups in total. The van der Waals surface area contributed by atoms with E-state index < -0.39 is 26.8 Å². The lowest BCUT2D eigenvalue weighted by Crippen LogP contribution is -2.33. The van der Waals surface area contributed by atoms with Crippen LogP contribution in [0.3, 0.4) is 0 Å². The molecule has 0 amide bonds. The second-order valence-electron chi connectivity index (χ2n) is 6.13. The number of hydrogen-bond donors (Lipinski definition) is 1. The van der Waals surface area contributed by atoms with Crippen LogP contribution in [-0.2, 0) is 16.2 Å². The summed E-state index contributed by atoms with van der Waals surface area (Å²) in [6.45, 7) is 0.642. The van der Waals surface area contributed by atoms with Crippen molar-refractivity contribution >= 4 is 21.6 Å². The molecule has 1 aromatic rings. The minimum atomic E-state index is -4.57. The average molecular weight is 369 g/mol. The lowest BCUT2D eigenvalue weighted by Gasteiger charge is -2.20. The van der Waals surface area contributed by atoms with Crippen LogP contribution in [0, 0.1) is 11.8 Å². The number of benzene rings is 1. The van der Waals surface area contributed by atoms with E-state index in [1.165, 1.54) is 4.31 Å². The topological polar surface area (TPSA) is 63.4 Å². The van der Waals surface area contributed by atoms with Crippen molar-refractivity contribution in [3.63, 3.8) is 0 Å². The second-order valence-corrected chi connectivity index (χ2v) is 8.44. The standard InChI is InChI=1S/C14H16ClF3N2O2S/c15-11-5-9(14(16,17)18)2-4-13(11)23(21,22)20-6-8-1-3-12(19)10(8)7-20/h2,4-5,8,10,12H,1,3,6-7,19H2. The van der Waals surface area contributed by atoms with E-state index in [2.05, 4.69) is 0 Å². The Morgan fingerprint density at radius 3 is 2.48 bits per heavy atom. The number of halogens is 4. The SMILES string of the molecule is NC1CCC2CN(S(=O)(=O)c3ccc(C(F)(F)F)cc3Cl)CC12. The van der Waals surface area contributed by atoms with E-state index in [9.17, 15) is 21.6 Å². The van der Waals surface area contributed by atoms with E-state index >= 15 is 0 Å². The highest BCUT2D eigenvalue weighted by molar-refractivity contribution is 7.89. The Kier molecular flexibility index (Phi) is 4.15. The molecule has 1 heterocycles. The first-order chi connectivity index (χ1) is 10.6. The first-order valence-corrected chi connectivity index (χ1v) is 9.05. The average Bonchev–Trinajstić information content (AvgIpc) is 3.00. The molecule has 128 valence electrons. The van der Waals surface area contributed by atoms with Crippen molar-refractivity contribution in [3.8, 4) is 0 Å². The summed E-state index contributed by atoms with van der Waals surface area (Å²) >= 11 is 5.82. The highest BCUT2D eigenvalue weighted by Gasteiger charge is 2.45. The van der Waals surface area contributed by atoms with Gasteiger partial charge in [-0.25, -0.2) is 8.42 Å². The van der Waals surface area contributed by atoms with E-state index in [4.69, 9.17) is 17.3 Å². The third kappa shape index (κ3) is 2.97. The largest absolute Gasteiger partial charge is 0.416 e. The maximum atomic E-state index is 12.7. The highest BCUT2D eigenvalue weighted by atomic mass is 35.5. The molecular formula is C14H16ClF3N2O2S. The predicted octanol–water partition coefficient (Wildman–Crippen LogP) is 2.72. The Morgan fingerprint density at radius 1 is 1.22 bits per heavy atom. The summed E-state index contributed by atoms with van der Waals surface area (Å²) in [5, 5.41) is -0.416. The molecule has 2 aliphatic rings. The molecule has 2 fully saturated rings. The lowest BCUT2D eigenvalue weighted by atomic mass is 9.98. The Morgan fingerprint density at radius 2 is 1.91 bits per heavy atom. The summed E-state index contributed by atoms with van der Waals surface area (Å²) < 4.78 is 64.6. The van der Waals surface area contributed by atoms with Crippen LogP contribution in [0.4, 0.5) is 13.2 Å². The zero-order valence-corrected chi connectivity index (χ0v) is 13.6. The van der Waals surface area contributed by atoms with Crippen LogP contribution >= 0.6 is 11.6 Å². The van der Waals surface area contributed by atoms with Gasteiger partial charge in [0.1, 0.15) is 4.90 Å². The molecule has 1 aliphatic heterocycles. The number of fused-ring (bicyclic) bond motifs is 1. The van der Waals surface area contributed by atoms with E-state index in [-0.39, 0.29) is 22.8 Å². The highest BCUT2D eigenvalue weighted by Crippen LogP contribution is 2.40. The minimum absolute atomic E-state index is 0.0247. The molecule has 1 saturated heterocycles. The Balaban J connectivity index is 1.89. The van der Waals surface area contributed by atoms with Crippen molar-refractivity contribution in [2.45, 2.75) is 30.0 Å². The van der Waals surface area contributed by atoms with Crippen molar-refractivity contribution in [1.82, 2.24) is 4.31 Å². The number of nitrogens with two attached hydrogens (primary N) is 1. The van der Waals surface area contributed by atoms with Gasteiger partial charge in [0.25, 0.3) is 0 Å². The predicted molar refractivity (Wildman–Crippen MR) is 79.4 cm³/mol. The fourth-order valence-electron chi connectivity index (χ4n) is 3.49. The van der Waals surface area contributed by atoms with Crippen molar-refractivity contribution in [3.05, 3.63) is 28.8 Å². The van der Waals surface area contributed by atoms with Gasteiger partial charge < -0.3 is 5.73 Å². The molecule has 0 spiro atoms. The fraction of sp³-hybridized carbons (Fsp3) is 0.571. The minimum Gasteiger partial charge on any atom is -0.327 e. The molecule has 0 bridgehead atoms. The summed E-state index contributed by atoms with van der Waals surface area (Å²) in [5.74, 6) is 0.325. The van der Waals surface area contributed by atoms with Gasteiger partial charge in [0, 0.05) is 19.1 Å². The normalized spacial score (nSPS) is 29.0. The quantitative estimate of drug-likeness (QED) is 0.873. The second kappa shape index (κ2) is 5.61. The van der Waals surface area contributed by atoms with Crippen LogP contribution in [-0.4, -0.2) is 31.9 Å². The summed E-state index contributed by atoms with van der Waals surface area (Å²) in [7, 11) is -3.92. The molecule has 4 nitrogen and oxygen atoms in total. The van der Waals surface area contributed by atoms with Crippen LogP contribution in [0.5, 0.6) is 0 Å². The number of rotatable bonds is 2. The third-order valence-electron chi connectivity index (χ3n) is 4.76. The van der Waals surface area contributed by atoms with Crippen LogP contribution in [0.1, 0.15) is 18.4 Å². The summed E-state index contributed by atoms with van der Waals surface area (Å²) in [5.41, 5.74) is 5.02. The first-order valence-electron chi connectivity index (χ1n) is 7.23. The monoisotopic (exact) mass is 368 g/mol. The van der Waals surface area contributed by atoms with Crippen LogP contribution < -0.4 is 5.73 Å². The lowest BCUT2D eigenvalue weighted by molar-refractivity contribution is -0.137. The van der Waals surface area contributed by atoms with Crippen LogP contribution in [0.15, 0.2) is 23.1 Å². The van der Waals surface area contributed by atoms with E-state index in [1.54, 1.807) is 0 Å². The third-order valence-corrected chi connectivity index (χ3v) is 7.07. The van der Waals surface area contributed by atoms with Gasteiger partial charge in [-0.05, 0) is 42.9 Å². The molecular weight excluding hydrogens is 353 g/mol. The van der Waals surface area contributed by atoms with Crippen molar-refractivity contribution in [2.75, 3.05) is 13.1 Å². The number of nitrogens with zero attached hydrogens (tertiary/aromatic N) is 1. The number of alkyl halides is 3. The molecule has 3 unspecified atom stereocenters. The first kappa shape index (κ1) is 17.0. The smallest absolute Gasteiger partial charge is 0.327 e. The maximum absolute atomic E-state index is 12.7. The van der Waals surface area contributed by atoms with Crippen molar-refractivity contribution < 1.29 is 21.6 Å². The van der Waals surface area contributed by atoms with Crippen molar-refractivity contribution in [2.24, 2.45) is 17.6 Å². The van der Waals surface area contributed by atoms with Gasteiger partial charge in [0.15, 0.2) is 0 Å². The molecule has 0 aromatic heterocycles. The summed E-state index contributed by atoms with van der Waals surface area (Å²) in [6, 6.07) is 2.29.